The molecule has 0 bridgehead atoms. The van der Waals surface area contributed by atoms with Crippen molar-refractivity contribution in [2.24, 2.45) is 5.92 Å². The minimum atomic E-state index is -0.955. The van der Waals surface area contributed by atoms with Gasteiger partial charge in [0.25, 0.3) is 0 Å². The third-order valence-electron chi connectivity index (χ3n) is 3.43. The summed E-state index contributed by atoms with van der Waals surface area (Å²) in [5.74, 6) is 0.545. The van der Waals surface area contributed by atoms with Crippen LogP contribution < -0.4 is 5.32 Å². The molecule has 3 heteroatoms. The van der Waals surface area contributed by atoms with Crippen LogP contribution in [-0.4, -0.2) is 42.8 Å². The average Bonchev–Trinajstić information content (AvgIpc) is 2.38. The van der Waals surface area contributed by atoms with Crippen molar-refractivity contribution in [2.75, 3.05) is 20.1 Å². The zero-order valence-electron chi connectivity index (χ0n) is 8.68. The first kappa shape index (κ1) is 9.41. The molecule has 3 atom stereocenters. The topological polar surface area (TPSA) is 15.3 Å². The fourth-order valence-electron chi connectivity index (χ4n) is 2.62. The zero-order chi connectivity index (χ0) is 9.64. The van der Waals surface area contributed by atoms with Gasteiger partial charge in [-0.15, -0.1) is 0 Å². The summed E-state index contributed by atoms with van der Waals surface area (Å²) in [5.41, 5.74) is -0.955. The minimum absolute atomic E-state index is 0.0740. The van der Waals surface area contributed by atoms with Crippen molar-refractivity contribution in [3.63, 3.8) is 0 Å². The quantitative estimate of drug-likeness (QED) is 0.658. The summed E-state index contributed by atoms with van der Waals surface area (Å²) < 4.78 is 14.3. The lowest BCUT2D eigenvalue weighted by Crippen LogP contribution is -2.39. The van der Waals surface area contributed by atoms with E-state index in [0.29, 0.717) is 24.9 Å². The first-order valence-corrected chi connectivity index (χ1v) is 5.15. The number of halogens is 1. The van der Waals surface area contributed by atoms with Crippen LogP contribution in [-0.2, 0) is 0 Å². The van der Waals surface area contributed by atoms with Crippen LogP contribution in [0, 0.1) is 5.92 Å². The van der Waals surface area contributed by atoms with Gasteiger partial charge in [-0.3, -0.25) is 0 Å². The lowest BCUT2D eigenvalue weighted by molar-refractivity contribution is 0.166. The number of alkyl halides is 1. The number of hydrogen-bond acceptors (Lipinski definition) is 2. The molecule has 0 aromatic rings. The van der Waals surface area contributed by atoms with E-state index >= 15 is 0 Å². The maximum atomic E-state index is 14.3. The van der Waals surface area contributed by atoms with Gasteiger partial charge >= 0.3 is 0 Å². The van der Waals surface area contributed by atoms with E-state index < -0.39 is 5.67 Å². The zero-order valence-corrected chi connectivity index (χ0v) is 8.68. The number of likely N-dealkylation sites (N-methyl/N-ethyl adjacent to an activating group) is 1. The molecule has 0 aromatic heterocycles. The SMILES string of the molecule is CC(C)C1C[C@]2(F)CN(C)C[C@@H]2N1. The fraction of sp³-hybridized carbons (Fsp3) is 1.00. The van der Waals surface area contributed by atoms with Gasteiger partial charge in [0.1, 0.15) is 5.67 Å². The molecule has 0 spiro atoms. The van der Waals surface area contributed by atoms with Crippen molar-refractivity contribution < 1.29 is 4.39 Å². The van der Waals surface area contributed by atoms with Crippen molar-refractivity contribution in [1.82, 2.24) is 10.2 Å². The molecule has 13 heavy (non-hydrogen) atoms. The molecule has 0 aliphatic carbocycles. The third-order valence-corrected chi connectivity index (χ3v) is 3.43. The highest BCUT2D eigenvalue weighted by atomic mass is 19.1. The molecule has 76 valence electrons. The summed E-state index contributed by atoms with van der Waals surface area (Å²) in [5, 5.41) is 3.41. The van der Waals surface area contributed by atoms with E-state index in [0.717, 1.165) is 6.54 Å². The van der Waals surface area contributed by atoms with E-state index in [9.17, 15) is 4.39 Å². The van der Waals surface area contributed by atoms with Crippen LogP contribution in [0.2, 0.25) is 0 Å². The molecule has 2 heterocycles. The van der Waals surface area contributed by atoms with Gasteiger partial charge in [-0.05, 0) is 19.4 Å². The molecule has 2 aliphatic heterocycles. The van der Waals surface area contributed by atoms with E-state index in [1.807, 2.05) is 7.05 Å². The first-order valence-electron chi connectivity index (χ1n) is 5.15. The van der Waals surface area contributed by atoms with Gasteiger partial charge in [0, 0.05) is 19.1 Å². The molecule has 2 fully saturated rings. The molecule has 1 unspecified atom stereocenters. The molecule has 2 saturated heterocycles. The Kier molecular flexibility index (Phi) is 2.11. The average molecular weight is 186 g/mol. The Morgan fingerprint density at radius 1 is 1.54 bits per heavy atom. The van der Waals surface area contributed by atoms with Crippen molar-refractivity contribution >= 4 is 0 Å². The molecular weight excluding hydrogens is 167 g/mol. The van der Waals surface area contributed by atoms with E-state index in [1.165, 1.54) is 0 Å². The van der Waals surface area contributed by atoms with Gasteiger partial charge in [-0.2, -0.15) is 0 Å². The molecule has 2 rings (SSSR count). The summed E-state index contributed by atoms with van der Waals surface area (Å²) in [6, 6.07) is 0.452. The Balaban J connectivity index is 2.06. The molecule has 0 saturated carbocycles. The Morgan fingerprint density at radius 2 is 2.23 bits per heavy atom. The summed E-state index contributed by atoms with van der Waals surface area (Å²) in [6.45, 7) is 5.78. The maximum absolute atomic E-state index is 14.3. The first-order chi connectivity index (χ1) is 6.01. The van der Waals surface area contributed by atoms with Crippen molar-refractivity contribution in [1.29, 1.82) is 0 Å². The number of nitrogens with zero attached hydrogens (tertiary/aromatic N) is 1. The second kappa shape index (κ2) is 2.92. The lowest BCUT2D eigenvalue weighted by atomic mass is 9.94. The standard InChI is InChI=1S/C10H19FN2/c1-7(2)8-4-10(11)6-13(3)5-9(10)12-8/h7-9,12H,4-6H2,1-3H3/t8?,9-,10-/m0/s1. The smallest absolute Gasteiger partial charge is 0.141 e. The van der Waals surface area contributed by atoms with Crippen LogP contribution in [0.15, 0.2) is 0 Å². The number of rotatable bonds is 1. The van der Waals surface area contributed by atoms with Crippen molar-refractivity contribution in [3.05, 3.63) is 0 Å². The van der Waals surface area contributed by atoms with E-state index in [1.54, 1.807) is 0 Å². The summed E-state index contributed by atoms with van der Waals surface area (Å²) in [6.07, 6.45) is 0.694. The summed E-state index contributed by atoms with van der Waals surface area (Å²) in [7, 11) is 1.99. The molecule has 2 aliphatic rings. The Labute approximate surface area is 79.5 Å². The third kappa shape index (κ3) is 1.48. The van der Waals surface area contributed by atoms with Crippen LogP contribution in [0.1, 0.15) is 20.3 Å². The highest BCUT2D eigenvalue weighted by Gasteiger charge is 2.53. The largest absolute Gasteiger partial charge is 0.307 e. The van der Waals surface area contributed by atoms with Crippen molar-refractivity contribution in [2.45, 2.75) is 38.0 Å². The van der Waals surface area contributed by atoms with Crippen LogP contribution in [0.25, 0.3) is 0 Å². The molecular formula is C10H19FN2. The minimum Gasteiger partial charge on any atom is -0.307 e. The van der Waals surface area contributed by atoms with Gasteiger partial charge in [0.2, 0.25) is 0 Å². The molecule has 0 amide bonds. The Morgan fingerprint density at radius 3 is 2.77 bits per heavy atom. The van der Waals surface area contributed by atoms with Crippen LogP contribution in [0.4, 0.5) is 4.39 Å². The summed E-state index contributed by atoms with van der Waals surface area (Å²) in [4.78, 5) is 2.08. The maximum Gasteiger partial charge on any atom is 0.141 e. The molecule has 0 aromatic carbocycles. The number of likely N-dealkylation sites (tertiary alicyclic amines) is 1. The number of nitrogens with one attached hydrogen (secondary N) is 1. The predicted octanol–water partition coefficient (Wildman–Crippen LogP) is 1.03. The molecule has 1 N–H and O–H groups in total. The van der Waals surface area contributed by atoms with E-state index in [-0.39, 0.29) is 6.04 Å². The number of hydrogen-bond donors (Lipinski definition) is 1. The van der Waals surface area contributed by atoms with Gasteiger partial charge in [-0.1, -0.05) is 13.8 Å². The highest BCUT2D eigenvalue weighted by molar-refractivity contribution is 5.10. The Hall–Kier alpha value is -0.150. The van der Waals surface area contributed by atoms with Crippen LogP contribution >= 0.6 is 0 Å². The van der Waals surface area contributed by atoms with Crippen molar-refractivity contribution in [3.8, 4) is 0 Å². The fourth-order valence-corrected chi connectivity index (χ4v) is 2.62. The number of fused-ring (bicyclic) bond motifs is 1. The normalized spacial score (nSPS) is 45.9. The van der Waals surface area contributed by atoms with Crippen LogP contribution in [0.5, 0.6) is 0 Å². The molecule has 2 nitrogen and oxygen atoms in total. The van der Waals surface area contributed by atoms with Crippen LogP contribution in [0.3, 0.4) is 0 Å². The highest BCUT2D eigenvalue weighted by Crippen LogP contribution is 2.37. The molecule has 0 radical (unpaired) electrons. The monoisotopic (exact) mass is 186 g/mol. The van der Waals surface area contributed by atoms with Gasteiger partial charge in [0.15, 0.2) is 0 Å². The predicted molar refractivity (Wildman–Crippen MR) is 51.5 cm³/mol. The second-order valence-electron chi connectivity index (χ2n) is 5.01. The van der Waals surface area contributed by atoms with Gasteiger partial charge in [0.05, 0.1) is 6.04 Å². The second-order valence-corrected chi connectivity index (χ2v) is 5.01. The van der Waals surface area contributed by atoms with E-state index in [2.05, 4.69) is 24.1 Å². The Bertz CT molecular complexity index is 207. The lowest BCUT2D eigenvalue weighted by Gasteiger charge is -2.19. The van der Waals surface area contributed by atoms with E-state index in [4.69, 9.17) is 0 Å². The summed E-state index contributed by atoms with van der Waals surface area (Å²) >= 11 is 0. The van der Waals surface area contributed by atoms with Gasteiger partial charge < -0.3 is 10.2 Å². The van der Waals surface area contributed by atoms with Gasteiger partial charge in [-0.25, -0.2) is 4.39 Å².